The summed E-state index contributed by atoms with van der Waals surface area (Å²) in [6, 6.07) is 21.3. The third-order valence-electron chi connectivity index (χ3n) is 5.25. The van der Waals surface area contributed by atoms with Gasteiger partial charge in [0.05, 0.1) is 23.6 Å². The predicted molar refractivity (Wildman–Crippen MR) is 130 cm³/mol. The number of ether oxygens (including phenoxy) is 1. The Morgan fingerprint density at radius 2 is 1.76 bits per heavy atom. The molecule has 4 aromatic rings. The highest BCUT2D eigenvalue weighted by Crippen LogP contribution is 2.22. The molecule has 0 aliphatic heterocycles. The number of carbonyl (C=O) groups excluding carboxylic acids is 1. The van der Waals surface area contributed by atoms with E-state index in [4.69, 9.17) is 4.74 Å². The number of carbonyl (C=O) groups is 1. The van der Waals surface area contributed by atoms with Crippen LogP contribution in [0.4, 0.5) is 10.1 Å². The molecule has 0 spiro atoms. The van der Waals surface area contributed by atoms with Crippen molar-refractivity contribution >= 4 is 27.5 Å². The van der Waals surface area contributed by atoms with Crippen molar-refractivity contribution in [1.82, 2.24) is 9.78 Å². The second-order valence-corrected chi connectivity index (χ2v) is 8.65. The van der Waals surface area contributed by atoms with Crippen LogP contribution in [0.2, 0.25) is 0 Å². The first-order valence-electron chi connectivity index (χ1n) is 10.5. The molecule has 1 N–H and O–H groups in total. The summed E-state index contributed by atoms with van der Waals surface area (Å²) in [7, 11) is 0. The van der Waals surface area contributed by atoms with Gasteiger partial charge in [0.25, 0.3) is 5.91 Å². The number of rotatable bonds is 7. The fourth-order valence-corrected chi connectivity index (χ4v) is 3.79. The maximum absolute atomic E-state index is 13.5. The van der Waals surface area contributed by atoms with Crippen molar-refractivity contribution in [3.63, 3.8) is 0 Å². The zero-order valence-electron chi connectivity index (χ0n) is 18.3. The highest BCUT2D eigenvalue weighted by atomic mass is 79.9. The Bertz CT molecular complexity index is 1290. The molecule has 5 nitrogen and oxygen atoms in total. The lowest BCUT2D eigenvalue weighted by Gasteiger charge is -2.10. The van der Waals surface area contributed by atoms with E-state index in [9.17, 15) is 9.18 Å². The molecule has 0 unspecified atom stereocenters. The summed E-state index contributed by atoms with van der Waals surface area (Å²) in [5.41, 5.74) is 4.39. The summed E-state index contributed by atoms with van der Waals surface area (Å²) in [5, 5.41) is 7.50. The maximum Gasteiger partial charge on any atom is 0.255 e. The number of benzene rings is 3. The van der Waals surface area contributed by atoms with Gasteiger partial charge in [0.2, 0.25) is 0 Å². The molecule has 0 saturated heterocycles. The van der Waals surface area contributed by atoms with E-state index < -0.39 is 0 Å². The highest BCUT2D eigenvalue weighted by Gasteiger charge is 2.16. The molecule has 33 heavy (non-hydrogen) atoms. The second-order valence-electron chi connectivity index (χ2n) is 7.73. The van der Waals surface area contributed by atoms with Crippen LogP contribution in [0.5, 0.6) is 5.75 Å². The molecule has 0 radical (unpaired) electrons. The molecule has 0 aliphatic carbocycles. The first-order valence-corrected chi connectivity index (χ1v) is 11.3. The summed E-state index contributed by atoms with van der Waals surface area (Å²) in [6.45, 7) is 4.50. The van der Waals surface area contributed by atoms with Crippen LogP contribution in [0.1, 0.15) is 32.9 Å². The number of nitrogens with one attached hydrogen (secondary N) is 1. The molecule has 168 valence electrons. The summed E-state index contributed by atoms with van der Waals surface area (Å²) in [6.07, 6.45) is 0. The van der Waals surface area contributed by atoms with E-state index in [0.717, 1.165) is 27.0 Å². The SMILES string of the molecule is Cc1nn(Cc2cccc(F)c2)c(C)c1NC(=O)c1cccc(COc2ccc(Br)cc2)c1. The summed E-state index contributed by atoms with van der Waals surface area (Å²) < 4.78 is 22.1. The standard InChI is InChI=1S/C26H23BrFN3O2/c1-17-25(18(2)31(30-17)15-19-5-4-8-23(28)14-19)29-26(32)21-7-3-6-20(13-21)16-33-24-11-9-22(27)10-12-24/h3-14H,15-16H2,1-2H3,(H,29,32). The van der Waals surface area contributed by atoms with Crippen molar-refractivity contribution in [2.75, 3.05) is 5.32 Å². The highest BCUT2D eigenvalue weighted by molar-refractivity contribution is 9.10. The third kappa shape index (κ3) is 5.68. The van der Waals surface area contributed by atoms with Gasteiger partial charge in [0.15, 0.2) is 0 Å². The van der Waals surface area contributed by atoms with Gasteiger partial charge < -0.3 is 10.1 Å². The zero-order chi connectivity index (χ0) is 23.4. The molecule has 0 fully saturated rings. The van der Waals surface area contributed by atoms with Crippen molar-refractivity contribution in [3.05, 3.63) is 111 Å². The normalized spacial score (nSPS) is 10.8. The summed E-state index contributed by atoms with van der Waals surface area (Å²) in [5.74, 6) is 0.244. The van der Waals surface area contributed by atoms with Gasteiger partial charge in [-0.2, -0.15) is 5.10 Å². The Morgan fingerprint density at radius 1 is 1.03 bits per heavy atom. The lowest BCUT2D eigenvalue weighted by Crippen LogP contribution is -2.14. The quantitative estimate of drug-likeness (QED) is 0.320. The summed E-state index contributed by atoms with van der Waals surface area (Å²) in [4.78, 5) is 13.0. The average molecular weight is 508 g/mol. The molecule has 0 aliphatic rings. The number of nitrogens with zero attached hydrogens (tertiary/aromatic N) is 2. The van der Waals surface area contributed by atoms with E-state index in [0.29, 0.717) is 30.1 Å². The minimum absolute atomic E-state index is 0.225. The van der Waals surface area contributed by atoms with Crippen LogP contribution < -0.4 is 10.1 Å². The average Bonchev–Trinajstić information content (AvgIpc) is 3.06. The van der Waals surface area contributed by atoms with Gasteiger partial charge >= 0.3 is 0 Å². The van der Waals surface area contributed by atoms with E-state index in [2.05, 4.69) is 26.3 Å². The Balaban J connectivity index is 1.45. The fourth-order valence-electron chi connectivity index (χ4n) is 3.53. The van der Waals surface area contributed by atoms with Gasteiger partial charge in [0, 0.05) is 10.0 Å². The van der Waals surface area contributed by atoms with E-state index in [1.165, 1.54) is 12.1 Å². The zero-order valence-corrected chi connectivity index (χ0v) is 19.9. The number of hydrogen-bond donors (Lipinski definition) is 1. The van der Waals surface area contributed by atoms with E-state index >= 15 is 0 Å². The number of anilines is 1. The smallest absolute Gasteiger partial charge is 0.255 e. The summed E-state index contributed by atoms with van der Waals surface area (Å²) >= 11 is 3.40. The lowest BCUT2D eigenvalue weighted by atomic mass is 10.1. The molecule has 1 aromatic heterocycles. The maximum atomic E-state index is 13.5. The van der Waals surface area contributed by atoms with Gasteiger partial charge in [-0.25, -0.2) is 4.39 Å². The second kappa shape index (κ2) is 10.0. The van der Waals surface area contributed by atoms with Crippen molar-refractivity contribution < 1.29 is 13.9 Å². The number of amides is 1. The van der Waals surface area contributed by atoms with Crippen molar-refractivity contribution in [2.24, 2.45) is 0 Å². The van der Waals surface area contributed by atoms with Crippen LogP contribution in [0, 0.1) is 19.7 Å². The lowest BCUT2D eigenvalue weighted by molar-refractivity contribution is 0.102. The van der Waals surface area contributed by atoms with Crippen LogP contribution in [0.15, 0.2) is 77.3 Å². The fraction of sp³-hybridized carbons (Fsp3) is 0.154. The van der Waals surface area contributed by atoms with Crippen LogP contribution in [0.3, 0.4) is 0 Å². The monoisotopic (exact) mass is 507 g/mol. The molecule has 1 amide bonds. The van der Waals surface area contributed by atoms with Crippen LogP contribution >= 0.6 is 15.9 Å². The van der Waals surface area contributed by atoms with Crippen LogP contribution in [-0.4, -0.2) is 15.7 Å². The molecule has 4 rings (SSSR count). The van der Waals surface area contributed by atoms with E-state index in [-0.39, 0.29) is 11.7 Å². The Kier molecular flexibility index (Phi) is 6.89. The first kappa shape index (κ1) is 22.7. The molecule has 0 atom stereocenters. The van der Waals surface area contributed by atoms with Crippen molar-refractivity contribution in [3.8, 4) is 5.75 Å². The molecular formula is C26H23BrFN3O2. The molecule has 7 heteroatoms. The van der Waals surface area contributed by atoms with Gasteiger partial charge in [-0.15, -0.1) is 0 Å². The van der Waals surface area contributed by atoms with Crippen molar-refractivity contribution in [2.45, 2.75) is 27.0 Å². The number of aromatic nitrogens is 2. The largest absolute Gasteiger partial charge is 0.489 e. The first-order chi connectivity index (χ1) is 15.9. The number of aryl methyl sites for hydroxylation is 1. The molecule has 0 saturated carbocycles. The van der Waals surface area contributed by atoms with Crippen LogP contribution in [0.25, 0.3) is 0 Å². The Morgan fingerprint density at radius 3 is 2.52 bits per heavy atom. The topological polar surface area (TPSA) is 56.2 Å². The van der Waals surface area contributed by atoms with Gasteiger partial charge in [-0.1, -0.05) is 40.2 Å². The Labute approximate surface area is 200 Å². The number of halogens is 2. The minimum Gasteiger partial charge on any atom is -0.489 e. The molecule has 0 bridgehead atoms. The Hall–Kier alpha value is -3.45. The molecule has 1 heterocycles. The minimum atomic E-state index is -0.286. The molecular weight excluding hydrogens is 485 g/mol. The predicted octanol–water partition coefficient (Wildman–Crippen LogP) is 6.28. The van der Waals surface area contributed by atoms with Crippen molar-refractivity contribution in [1.29, 1.82) is 0 Å². The number of hydrogen-bond acceptors (Lipinski definition) is 3. The van der Waals surface area contributed by atoms with E-state index in [1.54, 1.807) is 16.8 Å². The van der Waals surface area contributed by atoms with Gasteiger partial charge in [-0.05, 0) is 73.5 Å². The third-order valence-corrected chi connectivity index (χ3v) is 5.78. The van der Waals surface area contributed by atoms with E-state index in [1.807, 2.05) is 62.4 Å². The van der Waals surface area contributed by atoms with Gasteiger partial charge in [0.1, 0.15) is 18.2 Å². The molecule has 3 aromatic carbocycles. The van der Waals surface area contributed by atoms with Crippen LogP contribution in [-0.2, 0) is 13.2 Å². The van der Waals surface area contributed by atoms with Gasteiger partial charge in [-0.3, -0.25) is 9.48 Å².